The third-order valence-corrected chi connectivity index (χ3v) is 7.89. The van der Waals surface area contributed by atoms with Gasteiger partial charge in [0.05, 0.1) is 15.9 Å². The van der Waals surface area contributed by atoms with Crippen molar-refractivity contribution in [3.05, 3.63) is 136 Å². The molecule has 4 aromatic rings. The summed E-state index contributed by atoms with van der Waals surface area (Å²) in [5, 5.41) is 15.8. The van der Waals surface area contributed by atoms with Crippen molar-refractivity contribution in [2.45, 2.75) is 23.5 Å². The number of nitrogens with zero attached hydrogens (tertiary/aromatic N) is 2. The quantitative estimate of drug-likeness (QED) is 0.107. The van der Waals surface area contributed by atoms with E-state index < -0.39 is 33.8 Å². The van der Waals surface area contributed by atoms with Gasteiger partial charge in [-0.3, -0.25) is 29.3 Å². The first-order chi connectivity index (χ1) is 21.2. The number of rotatable bonds is 9. The maximum atomic E-state index is 13.4. The van der Waals surface area contributed by atoms with Gasteiger partial charge in [0.25, 0.3) is 17.5 Å². The van der Waals surface area contributed by atoms with Crippen molar-refractivity contribution in [1.29, 1.82) is 0 Å². The number of hydrogen-bond donors (Lipinski definition) is 2. The molecule has 4 aromatic carbocycles. The molecule has 0 saturated carbocycles. The number of carbonyl (C=O) groups excluding carboxylic acids is 4. The number of imide groups is 1. The number of benzene rings is 4. The second-order valence-electron chi connectivity index (χ2n) is 9.92. The van der Waals surface area contributed by atoms with Crippen LogP contribution in [0, 0.1) is 17.0 Å². The van der Waals surface area contributed by atoms with Crippen LogP contribution < -0.4 is 15.5 Å². The van der Waals surface area contributed by atoms with E-state index in [2.05, 4.69) is 10.6 Å². The molecule has 0 unspecified atom stereocenters. The predicted octanol–water partition coefficient (Wildman–Crippen LogP) is 5.74. The lowest BCUT2D eigenvalue weighted by molar-refractivity contribution is -0.384. The van der Waals surface area contributed by atoms with Crippen LogP contribution in [0.1, 0.15) is 27.9 Å². The molecule has 11 heteroatoms. The largest absolute Gasteiger partial charge is 0.321 e. The molecule has 1 aliphatic heterocycles. The Kier molecular flexibility index (Phi) is 8.96. The molecule has 0 radical (unpaired) electrons. The van der Waals surface area contributed by atoms with Crippen LogP contribution in [-0.4, -0.2) is 33.8 Å². The van der Waals surface area contributed by atoms with Crippen LogP contribution in [0.3, 0.4) is 0 Å². The zero-order valence-corrected chi connectivity index (χ0v) is 24.2. The van der Waals surface area contributed by atoms with Gasteiger partial charge in [0.1, 0.15) is 5.70 Å². The summed E-state index contributed by atoms with van der Waals surface area (Å²) < 4.78 is 0. The minimum atomic E-state index is -0.717. The summed E-state index contributed by atoms with van der Waals surface area (Å²) in [5.41, 5.74) is 2.75. The van der Waals surface area contributed by atoms with Crippen molar-refractivity contribution < 1.29 is 24.1 Å². The first kappa shape index (κ1) is 29.9. The van der Waals surface area contributed by atoms with Crippen molar-refractivity contribution in [2.24, 2.45) is 0 Å². The number of nitro groups is 1. The topological polar surface area (TPSA) is 139 Å². The second kappa shape index (κ2) is 13.2. The molecule has 0 aliphatic carbocycles. The summed E-state index contributed by atoms with van der Waals surface area (Å²) >= 11 is 1.18. The number of carbonyl (C=O) groups is 4. The van der Waals surface area contributed by atoms with Crippen LogP contribution >= 0.6 is 11.8 Å². The van der Waals surface area contributed by atoms with Crippen LogP contribution in [0.25, 0.3) is 6.08 Å². The third kappa shape index (κ3) is 7.08. The van der Waals surface area contributed by atoms with Crippen LogP contribution in [-0.2, 0) is 14.4 Å². The van der Waals surface area contributed by atoms with Crippen LogP contribution in [0.5, 0.6) is 0 Å². The minimum absolute atomic E-state index is 0.0380. The lowest BCUT2D eigenvalue weighted by Gasteiger charge is -2.15. The smallest absolute Gasteiger partial charge is 0.272 e. The minimum Gasteiger partial charge on any atom is -0.321 e. The van der Waals surface area contributed by atoms with Crippen molar-refractivity contribution in [1.82, 2.24) is 5.32 Å². The van der Waals surface area contributed by atoms with Gasteiger partial charge in [-0.1, -0.05) is 54.1 Å². The molecular formula is C33H26N4O6S. The van der Waals surface area contributed by atoms with E-state index in [4.69, 9.17) is 0 Å². The maximum absolute atomic E-state index is 13.4. The van der Waals surface area contributed by atoms with Crippen molar-refractivity contribution in [2.75, 3.05) is 10.2 Å². The summed E-state index contributed by atoms with van der Waals surface area (Å²) in [6, 6.07) is 28.1. The van der Waals surface area contributed by atoms with Crippen LogP contribution in [0.15, 0.2) is 114 Å². The fourth-order valence-electron chi connectivity index (χ4n) is 4.47. The van der Waals surface area contributed by atoms with Crippen LogP contribution in [0.4, 0.5) is 17.1 Å². The molecule has 1 saturated heterocycles. The average molecular weight is 607 g/mol. The second-order valence-corrected chi connectivity index (χ2v) is 11.2. The highest BCUT2D eigenvalue weighted by Gasteiger charge is 2.40. The Balaban J connectivity index is 1.31. The van der Waals surface area contributed by atoms with Crippen molar-refractivity contribution in [3.8, 4) is 0 Å². The zero-order chi connectivity index (χ0) is 31.2. The predicted molar refractivity (Wildman–Crippen MR) is 168 cm³/mol. The number of hydrogen-bond acceptors (Lipinski definition) is 7. The highest BCUT2D eigenvalue weighted by molar-refractivity contribution is 8.00. The Morgan fingerprint density at radius 3 is 2.32 bits per heavy atom. The number of non-ortho nitro benzene ring substituents is 1. The molecule has 1 fully saturated rings. The monoisotopic (exact) mass is 606 g/mol. The van der Waals surface area contributed by atoms with E-state index in [0.717, 1.165) is 16.0 Å². The fraction of sp³-hybridized carbons (Fsp3) is 0.0909. The average Bonchev–Trinajstić information content (AvgIpc) is 3.30. The van der Waals surface area contributed by atoms with E-state index in [0.29, 0.717) is 16.1 Å². The number of amides is 4. The summed E-state index contributed by atoms with van der Waals surface area (Å²) in [5.74, 6) is -1.83. The number of anilines is 2. The van der Waals surface area contributed by atoms with Gasteiger partial charge >= 0.3 is 0 Å². The third-order valence-electron chi connectivity index (χ3n) is 6.71. The summed E-state index contributed by atoms with van der Waals surface area (Å²) in [4.78, 5) is 64.2. The molecule has 1 heterocycles. The van der Waals surface area contributed by atoms with Gasteiger partial charge in [-0.25, -0.2) is 4.90 Å². The van der Waals surface area contributed by atoms with Gasteiger partial charge in [-0.05, 0) is 61.0 Å². The number of nitrogens with one attached hydrogen (secondary N) is 2. The molecule has 1 aliphatic rings. The molecule has 4 amide bonds. The van der Waals surface area contributed by atoms with E-state index in [1.54, 1.807) is 60.7 Å². The lowest BCUT2D eigenvalue weighted by Crippen LogP contribution is -2.31. The van der Waals surface area contributed by atoms with E-state index >= 15 is 0 Å². The molecule has 2 N–H and O–H groups in total. The van der Waals surface area contributed by atoms with E-state index in [9.17, 15) is 29.3 Å². The SMILES string of the molecule is Cc1ccc(/C=C(\NC(=O)c2ccccc2)C(=O)Nc2cccc(S[C@@H]3CC(=O)N(c4ccc([N+](=O)[O-])cc4)C3=O)c2)cc1. The van der Waals surface area contributed by atoms with E-state index in [1.165, 1.54) is 36.0 Å². The van der Waals surface area contributed by atoms with Crippen molar-refractivity contribution >= 4 is 58.5 Å². The molecule has 0 spiro atoms. The summed E-state index contributed by atoms with van der Waals surface area (Å²) in [7, 11) is 0. The number of nitro benzene ring substituents is 1. The van der Waals surface area contributed by atoms with Crippen molar-refractivity contribution in [3.63, 3.8) is 0 Å². The first-order valence-corrected chi connectivity index (χ1v) is 14.4. The molecule has 1 atom stereocenters. The van der Waals surface area contributed by atoms with Crippen LogP contribution in [0.2, 0.25) is 0 Å². The molecule has 0 aromatic heterocycles. The van der Waals surface area contributed by atoms with E-state index in [-0.39, 0.29) is 23.5 Å². The van der Waals surface area contributed by atoms with Gasteiger partial charge in [-0.15, -0.1) is 11.8 Å². The molecule has 44 heavy (non-hydrogen) atoms. The summed E-state index contributed by atoms with van der Waals surface area (Å²) in [6.45, 7) is 1.95. The molecular weight excluding hydrogens is 580 g/mol. The maximum Gasteiger partial charge on any atom is 0.272 e. The van der Waals surface area contributed by atoms with Gasteiger partial charge in [0.2, 0.25) is 11.8 Å². The Hall–Kier alpha value is -5.55. The van der Waals surface area contributed by atoms with Gasteiger partial charge < -0.3 is 10.6 Å². The highest BCUT2D eigenvalue weighted by Crippen LogP contribution is 2.35. The first-order valence-electron chi connectivity index (χ1n) is 13.5. The number of aryl methyl sites for hydroxylation is 1. The Morgan fingerprint density at radius 1 is 0.932 bits per heavy atom. The summed E-state index contributed by atoms with van der Waals surface area (Å²) in [6.07, 6.45) is 1.54. The van der Waals surface area contributed by atoms with E-state index in [1.807, 2.05) is 31.2 Å². The van der Waals surface area contributed by atoms with Gasteiger partial charge in [0, 0.05) is 34.7 Å². The lowest BCUT2D eigenvalue weighted by atomic mass is 10.1. The van der Waals surface area contributed by atoms with Gasteiger partial charge in [0.15, 0.2) is 0 Å². The number of thioether (sulfide) groups is 1. The zero-order valence-electron chi connectivity index (χ0n) is 23.4. The molecule has 5 rings (SSSR count). The normalized spacial score (nSPS) is 14.8. The standard InChI is InChI=1S/C33H26N4O6S/c1-21-10-12-22(13-11-21)18-28(35-31(39)23-6-3-2-4-7-23)32(40)34-24-8-5-9-27(19-24)44-29-20-30(38)36(33(29)41)25-14-16-26(17-15-25)37(42)43/h2-19,29H,20H2,1H3,(H,34,40)(H,35,39)/b28-18-/t29-/m1/s1. The Morgan fingerprint density at radius 2 is 1.64 bits per heavy atom. The van der Waals surface area contributed by atoms with Gasteiger partial charge in [-0.2, -0.15) is 0 Å². The highest BCUT2D eigenvalue weighted by atomic mass is 32.2. The Labute approximate surface area is 256 Å². The molecule has 220 valence electrons. The molecule has 10 nitrogen and oxygen atoms in total. The molecule has 0 bridgehead atoms. The Bertz CT molecular complexity index is 1770. The fourth-order valence-corrected chi connectivity index (χ4v) is 5.59.